The number of rotatable bonds is 6. The molecule has 0 amide bonds. The second-order valence-corrected chi connectivity index (χ2v) is 12.0. The van der Waals surface area contributed by atoms with Crippen LogP contribution >= 0.6 is 0 Å². The first-order valence-corrected chi connectivity index (χ1v) is 16.4. The van der Waals surface area contributed by atoms with Gasteiger partial charge in [-0.2, -0.15) is 0 Å². The van der Waals surface area contributed by atoms with Crippen LogP contribution in [0.2, 0.25) is 0 Å². The molecule has 0 unspecified atom stereocenters. The Bertz CT molecular complexity index is 2580. The van der Waals surface area contributed by atoms with Crippen LogP contribution in [0.15, 0.2) is 182 Å². The van der Waals surface area contributed by atoms with Gasteiger partial charge in [-0.25, -0.2) is 15.0 Å². The Hall–Kier alpha value is -6.65. The molecule has 230 valence electrons. The lowest BCUT2D eigenvalue weighted by atomic mass is 10.0. The lowest BCUT2D eigenvalue weighted by molar-refractivity contribution is 1.07. The van der Waals surface area contributed by atoms with E-state index in [0.29, 0.717) is 23.5 Å². The maximum Gasteiger partial charge on any atom is 0.164 e. The van der Waals surface area contributed by atoms with Crippen molar-refractivity contribution < 1.29 is 1.37 Å². The van der Waals surface area contributed by atoms with Gasteiger partial charge in [0.05, 0.1) is 18.1 Å². The quantitative estimate of drug-likeness (QED) is 0.184. The highest BCUT2D eigenvalue weighted by Gasteiger charge is 2.18. The van der Waals surface area contributed by atoms with E-state index in [4.69, 9.17) is 15.0 Å². The molecule has 0 bridgehead atoms. The fourth-order valence-electron chi connectivity index (χ4n) is 6.60. The Balaban J connectivity index is 1.28. The highest BCUT2D eigenvalue weighted by Crippen LogP contribution is 2.38. The van der Waals surface area contributed by atoms with Crippen LogP contribution in [0.4, 0.5) is 0 Å². The zero-order chi connectivity index (χ0) is 33.4. The molecule has 0 radical (unpaired) electrons. The predicted molar refractivity (Wildman–Crippen MR) is 201 cm³/mol. The van der Waals surface area contributed by atoms with Gasteiger partial charge < -0.3 is 4.57 Å². The van der Waals surface area contributed by atoms with Gasteiger partial charge in [0.2, 0.25) is 0 Å². The molecule has 2 aromatic heterocycles. The number of hydrogen-bond donors (Lipinski definition) is 0. The van der Waals surface area contributed by atoms with Crippen LogP contribution in [-0.2, 0) is 0 Å². The molecule has 0 N–H and O–H groups in total. The van der Waals surface area contributed by atoms with E-state index in [1.807, 2.05) is 72.8 Å². The van der Waals surface area contributed by atoms with Crippen LogP contribution in [0.1, 0.15) is 1.37 Å². The van der Waals surface area contributed by atoms with Crippen molar-refractivity contribution in [2.75, 3.05) is 0 Å². The van der Waals surface area contributed by atoms with E-state index in [2.05, 4.69) is 108 Å². The van der Waals surface area contributed by atoms with Crippen LogP contribution in [-0.4, -0.2) is 19.5 Å². The molecule has 9 rings (SSSR count). The summed E-state index contributed by atoms with van der Waals surface area (Å²) < 4.78 is 11.8. The minimum absolute atomic E-state index is 0.390. The van der Waals surface area contributed by atoms with Crippen molar-refractivity contribution in [3.05, 3.63) is 182 Å². The molecule has 0 spiro atoms. The largest absolute Gasteiger partial charge is 0.309 e. The Kier molecular flexibility index (Phi) is 6.83. The van der Waals surface area contributed by atoms with Crippen molar-refractivity contribution in [1.82, 2.24) is 19.5 Å². The lowest BCUT2D eigenvalue weighted by Gasteiger charge is -2.16. The normalized spacial score (nSPS) is 11.6. The molecule has 49 heavy (non-hydrogen) atoms. The second kappa shape index (κ2) is 12.2. The van der Waals surface area contributed by atoms with Crippen molar-refractivity contribution in [1.29, 1.82) is 0 Å². The van der Waals surface area contributed by atoms with Crippen molar-refractivity contribution in [3.63, 3.8) is 0 Å². The van der Waals surface area contributed by atoms with Crippen LogP contribution < -0.4 is 0 Å². The van der Waals surface area contributed by atoms with Crippen molar-refractivity contribution in [3.8, 4) is 62.1 Å². The zero-order valence-corrected chi connectivity index (χ0v) is 26.5. The van der Waals surface area contributed by atoms with Gasteiger partial charge in [-0.3, -0.25) is 0 Å². The average molecular weight is 628 g/mol. The van der Waals surface area contributed by atoms with E-state index in [9.17, 15) is 1.37 Å². The van der Waals surface area contributed by atoms with E-state index in [-0.39, 0.29) is 0 Å². The van der Waals surface area contributed by atoms with Crippen LogP contribution in [0.3, 0.4) is 0 Å². The van der Waals surface area contributed by atoms with Crippen LogP contribution in [0, 0.1) is 0 Å². The van der Waals surface area contributed by atoms with Gasteiger partial charge in [0.25, 0.3) is 0 Å². The summed E-state index contributed by atoms with van der Waals surface area (Å²) in [5.74, 6) is 1.66. The molecule has 0 atom stereocenters. The molecule has 0 aliphatic heterocycles. The Morgan fingerprint density at radius 1 is 0.367 bits per heavy atom. The third kappa shape index (κ3) is 5.26. The second-order valence-electron chi connectivity index (χ2n) is 12.0. The molecule has 9 aromatic rings. The summed E-state index contributed by atoms with van der Waals surface area (Å²) in [6.45, 7) is 0. The van der Waals surface area contributed by atoms with Gasteiger partial charge in [0, 0.05) is 33.0 Å². The maximum atomic E-state index is 9.51. The lowest BCUT2D eigenvalue weighted by Crippen LogP contribution is -2.02. The summed E-state index contributed by atoms with van der Waals surface area (Å²) >= 11 is 0. The average Bonchev–Trinajstić information content (AvgIpc) is 3.53. The minimum Gasteiger partial charge on any atom is -0.309 e. The number of benzene rings is 7. The fourth-order valence-corrected chi connectivity index (χ4v) is 6.60. The van der Waals surface area contributed by atoms with E-state index in [1.54, 1.807) is 0 Å². The summed E-state index contributed by atoms with van der Waals surface area (Å²) in [5, 5.41) is 2.32. The maximum absolute atomic E-state index is 9.51. The smallest absolute Gasteiger partial charge is 0.164 e. The number of fused-ring (bicyclic) bond motifs is 3. The van der Waals surface area contributed by atoms with Crippen LogP contribution in [0.5, 0.6) is 0 Å². The first-order chi connectivity index (χ1) is 24.7. The molecule has 0 aliphatic rings. The minimum atomic E-state index is 0.390. The number of para-hydroxylation sites is 2. The molecular weight excluding hydrogens is 597 g/mol. The van der Waals surface area contributed by atoms with Crippen molar-refractivity contribution in [2.24, 2.45) is 0 Å². The summed E-state index contributed by atoms with van der Waals surface area (Å²) in [6.07, 6.45) is 0. The SMILES string of the molecule is [2H]c1cc(-c2nc(-c3ccccc3)nc(-c3ccc(-c4ccccc4)cc3)n2)cc(-n2c3ccccc3c3ccccc32)c1-c1ccccc1. The molecule has 0 saturated carbocycles. The fraction of sp³-hybridized carbons (Fsp3) is 0. The van der Waals surface area contributed by atoms with Gasteiger partial charge in [-0.05, 0) is 34.9 Å². The molecular formula is C45H30N4. The molecule has 4 nitrogen and oxygen atoms in total. The predicted octanol–water partition coefficient (Wildman–Crippen LogP) is 11.3. The topological polar surface area (TPSA) is 43.6 Å². The van der Waals surface area contributed by atoms with E-state index in [1.165, 1.54) is 0 Å². The first kappa shape index (κ1) is 27.5. The molecule has 0 aliphatic carbocycles. The van der Waals surface area contributed by atoms with E-state index >= 15 is 0 Å². The zero-order valence-electron chi connectivity index (χ0n) is 27.5. The number of hydrogen-bond acceptors (Lipinski definition) is 3. The Labute approximate surface area is 286 Å². The first-order valence-electron chi connectivity index (χ1n) is 16.9. The van der Waals surface area contributed by atoms with Gasteiger partial charge in [0.15, 0.2) is 17.5 Å². The summed E-state index contributed by atoms with van der Waals surface area (Å²) in [5.41, 5.74) is 9.66. The Morgan fingerprint density at radius 2 is 0.776 bits per heavy atom. The molecule has 0 fully saturated rings. The molecule has 4 heteroatoms. The highest BCUT2D eigenvalue weighted by atomic mass is 15.0. The summed E-state index contributed by atoms with van der Waals surface area (Å²) in [7, 11) is 0. The summed E-state index contributed by atoms with van der Waals surface area (Å²) in [4.78, 5) is 15.1. The number of nitrogens with zero attached hydrogens (tertiary/aromatic N) is 4. The highest BCUT2D eigenvalue weighted by molar-refractivity contribution is 6.09. The molecule has 2 heterocycles. The standard InChI is InChI=1S/C45H30N4/c1-4-14-31(15-5-1)32-24-26-35(27-25-32)44-46-43(34-18-8-3-9-19-34)47-45(48-44)36-28-29-37(33-16-6-2-7-17-33)42(30-36)49-40-22-12-10-20-38(40)39-21-11-13-23-41(39)49/h1-30H/i29D. The van der Waals surface area contributed by atoms with Crippen molar-refractivity contribution >= 4 is 21.8 Å². The van der Waals surface area contributed by atoms with E-state index in [0.717, 1.165) is 66.4 Å². The van der Waals surface area contributed by atoms with Gasteiger partial charge in [-0.1, -0.05) is 164 Å². The van der Waals surface area contributed by atoms with Gasteiger partial charge in [-0.15, -0.1) is 0 Å². The van der Waals surface area contributed by atoms with Gasteiger partial charge >= 0.3 is 0 Å². The molecule has 0 saturated heterocycles. The summed E-state index contributed by atoms with van der Waals surface area (Å²) in [6, 6.07) is 60.2. The third-order valence-corrected chi connectivity index (χ3v) is 8.98. The van der Waals surface area contributed by atoms with E-state index < -0.39 is 0 Å². The third-order valence-electron chi connectivity index (χ3n) is 8.98. The van der Waals surface area contributed by atoms with Crippen molar-refractivity contribution in [2.45, 2.75) is 0 Å². The monoisotopic (exact) mass is 627 g/mol. The Morgan fingerprint density at radius 3 is 1.35 bits per heavy atom. The van der Waals surface area contributed by atoms with Gasteiger partial charge in [0.1, 0.15) is 0 Å². The van der Waals surface area contributed by atoms with Crippen LogP contribution in [0.25, 0.3) is 83.9 Å². The molecule has 7 aromatic carbocycles. The number of aromatic nitrogens is 4.